The van der Waals surface area contributed by atoms with E-state index in [1.807, 2.05) is 43.7 Å². The lowest BCUT2D eigenvalue weighted by molar-refractivity contribution is -0.125. The van der Waals surface area contributed by atoms with E-state index in [0.29, 0.717) is 37.2 Å². The molecule has 1 heterocycles. The number of benzene rings is 4. The number of aromatic amines is 1. The Hall–Kier alpha value is -4.95. The molecule has 8 heteroatoms. The van der Waals surface area contributed by atoms with Crippen LogP contribution >= 0.6 is 0 Å². The molecule has 5 N–H and O–H groups in total. The number of anilines is 1. The van der Waals surface area contributed by atoms with E-state index in [1.165, 1.54) is 14.2 Å². The maximum absolute atomic E-state index is 14.2. The second-order valence-electron chi connectivity index (χ2n) is 11.9. The fourth-order valence-electron chi connectivity index (χ4n) is 6.24. The van der Waals surface area contributed by atoms with E-state index in [9.17, 15) is 20.1 Å². The van der Waals surface area contributed by atoms with Gasteiger partial charge in [-0.15, -0.1) is 0 Å². The van der Waals surface area contributed by atoms with Crippen LogP contribution in [0.4, 0.5) is 5.69 Å². The molecule has 0 spiro atoms. The van der Waals surface area contributed by atoms with Crippen LogP contribution in [0, 0.1) is 11.8 Å². The lowest BCUT2D eigenvalue weighted by Crippen LogP contribution is -2.31. The molecular formula is C38H42N2O6. The molecule has 0 bridgehead atoms. The Morgan fingerprint density at radius 2 is 1.41 bits per heavy atom. The van der Waals surface area contributed by atoms with Crippen molar-refractivity contribution in [3.8, 4) is 23.0 Å². The number of H-pyrrole nitrogens is 1. The number of fused-ring (bicyclic) bond motifs is 1. The third kappa shape index (κ3) is 7.82. The lowest BCUT2D eigenvalue weighted by atomic mass is 9.82. The second-order valence-corrected chi connectivity index (χ2v) is 11.9. The fourth-order valence-corrected chi connectivity index (χ4v) is 6.24. The average molecular weight is 623 g/mol. The van der Waals surface area contributed by atoms with Gasteiger partial charge in [0, 0.05) is 42.9 Å². The monoisotopic (exact) mass is 622 g/mol. The first kappa shape index (κ1) is 32.4. The Balaban J connectivity index is 1.43. The van der Waals surface area contributed by atoms with Crippen molar-refractivity contribution in [2.24, 2.45) is 11.8 Å². The van der Waals surface area contributed by atoms with Crippen molar-refractivity contribution in [3.05, 3.63) is 114 Å². The zero-order valence-electron chi connectivity index (χ0n) is 26.5. The molecule has 0 saturated carbocycles. The van der Waals surface area contributed by atoms with Crippen molar-refractivity contribution in [3.63, 3.8) is 0 Å². The van der Waals surface area contributed by atoms with Crippen LogP contribution in [0.3, 0.4) is 0 Å². The standard InChI is InChI=1S/C38H42N2O6/c1-39-32-19-27(17-28-6-4-5-7-31(28)32)18-30(15-25-9-11-34(42)38(21-25)46-3)36(44)22-35(43)29(16-26-12-13-40-23-26)14-24-8-10-33(41)37(20-24)45-2/h4-13,17,19-21,23,29-30,35,39-43H,14-16,18,22H2,1-3H3. The Bertz CT molecular complexity index is 1770. The lowest BCUT2D eigenvalue weighted by Gasteiger charge is -2.25. The molecule has 5 aromatic rings. The SMILES string of the molecule is CNc1cc(CC(Cc2ccc(O)c(OC)c2)C(=O)CC(O)C(Cc2cc[nH]c2)Cc2ccc(O)c(OC)c2)cc2ccccc12. The normalized spacial score (nSPS) is 13.2. The third-order valence-electron chi connectivity index (χ3n) is 8.71. The topological polar surface area (TPSA) is 124 Å². The second kappa shape index (κ2) is 14.9. The molecule has 1 aromatic heterocycles. The van der Waals surface area contributed by atoms with Crippen LogP contribution in [0.5, 0.6) is 23.0 Å². The molecule has 0 aliphatic carbocycles. The van der Waals surface area contributed by atoms with Gasteiger partial charge in [-0.3, -0.25) is 4.79 Å². The van der Waals surface area contributed by atoms with Gasteiger partial charge < -0.3 is 35.1 Å². The quantitative estimate of drug-likeness (QED) is 0.0908. The van der Waals surface area contributed by atoms with Crippen molar-refractivity contribution < 1.29 is 29.6 Å². The van der Waals surface area contributed by atoms with Crippen LogP contribution in [0.1, 0.15) is 28.7 Å². The number of hydrogen-bond acceptors (Lipinski definition) is 7. The van der Waals surface area contributed by atoms with Gasteiger partial charge in [0.05, 0.1) is 20.3 Å². The van der Waals surface area contributed by atoms with E-state index >= 15 is 0 Å². The summed E-state index contributed by atoms with van der Waals surface area (Å²) in [5.41, 5.74) is 4.79. The molecular weight excluding hydrogens is 580 g/mol. The van der Waals surface area contributed by atoms with Gasteiger partial charge in [0.2, 0.25) is 0 Å². The largest absolute Gasteiger partial charge is 0.504 e. The van der Waals surface area contributed by atoms with E-state index in [2.05, 4.69) is 34.6 Å². The number of Topliss-reactive ketones (excluding diaryl/α,β-unsaturated/α-hetero) is 1. The van der Waals surface area contributed by atoms with E-state index in [-0.39, 0.29) is 29.6 Å². The molecule has 0 radical (unpaired) electrons. The van der Waals surface area contributed by atoms with Crippen LogP contribution in [-0.4, -0.2) is 53.5 Å². The summed E-state index contributed by atoms with van der Waals surface area (Å²) in [6.07, 6.45) is 4.77. The summed E-state index contributed by atoms with van der Waals surface area (Å²) in [5.74, 6) is 0.0636. The number of nitrogens with one attached hydrogen (secondary N) is 2. The Morgan fingerprint density at radius 3 is 2.04 bits per heavy atom. The van der Waals surface area contributed by atoms with Gasteiger partial charge in [-0.25, -0.2) is 0 Å². The molecule has 0 saturated heterocycles. The Labute approximate surface area is 269 Å². The highest BCUT2D eigenvalue weighted by molar-refractivity contribution is 5.94. The first-order valence-electron chi connectivity index (χ1n) is 15.5. The molecule has 5 rings (SSSR count). The fraction of sp³-hybridized carbons (Fsp3) is 0.289. The smallest absolute Gasteiger partial charge is 0.160 e. The summed E-state index contributed by atoms with van der Waals surface area (Å²) in [4.78, 5) is 17.3. The minimum atomic E-state index is -0.913. The van der Waals surface area contributed by atoms with Crippen LogP contribution in [-0.2, 0) is 30.5 Å². The molecule has 0 aliphatic heterocycles. The number of aliphatic hydroxyl groups excluding tert-OH is 1. The van der Waals surface area contributed by atoms with Gasteiger partial charge in [-0.1, -0.05) is 42.5 Å². The van der Waals surface area contributed by atoms with E-state index < -0.39 is 12.0 Å². The number of aliphatic hydroxyl groups is 1. The number of ketones is 1. The number of aromatic nitrogens is 1. The summed E-state index contributed by atoms with van der Waals surface area (Å²) < 4.78 is 10.6. The van der Waals surface area contributed by atoms with E-state index in [1.54, 1.807) is 30.3 Å². The Morgan fingerprint density at radius 1 is 0.783 bits per heavy atom. The molecule has 4 aromatic carbocycles. The van der Waals surface area contributed by atoms with Crippen molar-refractivity contribution >= 4 is 22.2 Å². The number of carbonyl (C=O) groups excluding carboxylic acids is 1. The zero-order chi connectivity index (χ0) is 32.6. The molecule has 0 aliphatic rings. The summed E-state index contributed by atoms with van der Waals surface area (Å²) in [5, 5.41) is 37.4. The summed E-state index contributed by atoms with van der Waals surface area (Å²) in [7, 11) is 4.89. The highest BCUT2D eigenvalue weighted by Gasteiger charge is 2.28. The Kier molecular flexibility index (Phi) is 10.5. The van der Waals surface area contributed by atoms with Gasteiger partial charge in [0.1, 0.15) is 5.78 Å². The number of rotatable bonds is 15. The number of carbonyl (C=O) groups is 1. The van der Waals surface area contributed by atoms with E-state index in [0.717, 1.165) is 38.7 Å². The number of ether oxygens (including phenoxy) is 2. The third-order valence-corrected chi connectivity index (χ3v) is 8.71. The van der Waals surface area contributed by atoms with Gasteiger partial charge in [-0.2, -0.15) is 0 Å². The minimum Gasteiger partial charge on any atom is -0.504 e. The minimum absolute atomic E-state index is 0.0172. The number of methoxy groups -OCH3 is 2. The van der Waals surface area contributed by atoms with Crippen molar-refractivity contribution in [1.82, 2.24) is 4.98 Å². The number of hydrogen-bond donors (Lipinski definition) is 5. The predicted molar refractivity (Wildman–Crippen MR) is 181 cm³/mol. The number of phenolic OH excluding ortho intramolecular Hbond substituents is 2. The van der Waals surface area contributed by atoms with Crippen molar-refractivity contribution in [2.75, 3.05) is 26.6 Å². The maximum Gasteiger partial charge on any atom is 0.160 e. The zero-order valence-corrected chi connectivity index (χ0v) is 26.5. The molecule has 46 heavy (non-hydrogen) atoms. The van der Waals surface area contributed by atoms with Crippen LogP contribution in [0.2, 0.25) is 0 Å². The number of aromatic hydroxyl groups is 2. The van der Waals surface area contributed by atoms with Gasteiger partial charge in [0.15, 0.2) is 23.0 Å². The molecule has 3 unspecified atom stereocenters. The highest BCUT2D eigenvalue weighted by atomic mass is 16.5. The van der Waals surface area contributed by atoms with Crippen molar-refractivity contribution in [1.29, 1.82) is 0 Å². The predicted octanol–water partition coefficient (Wildman–Crippen LogP) is 6.46. The van der Waals surface area contributed by atoms with Gasteiger partial charge in [-0.05, 0) is 95.6 Å². The number of phenols is 2. The molecule has 0 amide bonds. The first-order chi connectivity index (χ1) is 22.3. The molecule has 0 fully saturated rings. The molecule has 8 nitrogen and oxygen atoms in total. The average Bonchev–Trinajstić information content (AvgIpc) is 3.58. The maximum atomic E-state index is 14.2. The van der Waals surface area contributed by atoms with Crippen LogP contribution < -0.4 is 14.8 Å². The highest BCUT2D eigenvalue weighted by Crippen LogP contribution is 2.32. The van der Waals surface area contributed by atoms with Crippen LogP contribution in [0.15, 0.2) is 91.3 Å². The van der Waals surface area contributed by atoms with Gasteiger partial charge >= 0.3 is 0 Å². The van der Waals surface area contributed by atoms with Gasteiger partial charge in [0.25, 0.3) is 0 Å². The van der Waals surface area contributed by atoms with E-state index in [4.69, 9.17) is 9.47 Å². The first-order valence-corrected chi connectivity index (χ1v) is 15.5. The van der Waals surface area contributed by atoms with Crippen molar-refractivity contribution in [2.45, 2.75) is 38.2 Å². The van der Waals surface area contributed by atoms with Crippen LogP contribution in [0.25, 0.3) is 10.8 Å². The summed E-state index contributed by atoms with van der Waals surface area (Å²) in [6.45, 7) is 0. The molecule has 240 valence electrons. The molecule has 3 atom stereocenters. The summed E-state index contributed by atoms with van der Waals surface area (Å²) >= 11 is 0. The summed E-state index contributed by atoms with van der Waals surface area (Å²) in [6, 6.07) is 24.6.